The summed E-state index contributed by atoms with van der Waals surface area (Å²) in [6, 6.07) is 4.43. The van der Waals surface area contributed by atoms with Crippen molar-refractivity contribution in [2.45, 2.75) is 6.18 Å². The summed E-state index contributed by atoms with van der Waals surface area (Å²) >= 11 is 3.03. The molecule has 0 unspecified atom stereocenters. The first-order valence-electron chi connectivity index (χ1n) is 5.62. The van der Waals surface area contributed by atoms with E-state index in [0.717, 1.165) is 7.11 Å². The highest BCUT2D eigenvalue weighted by atomic mass is 79.9. The van der Waals surface area contributed by atoms with Crippen molar-refractivity contribution >= 4 is 32.8 Å². The summed E-state index contributed by atoms with van der Waals surface area (Å²) in [5.74, 6) is -0.750. The minimum absolute atomic E-state index is 0.0191. The van der Waals surface area contributed by atoms with Crippen molar-refractivity contribution in [3.8, 4) is 5.75 Å². The molecule has 0 N–H and O–H groups in total. The Morgan fingerprint density at radius 1 is 1.29 bits per heavy atom. The number of aromatic nitrogens is 1. The van der Waals surface area contributed by atoms with Crippen LogP contribution in [0, 0.1) is 0 Å². The van der Waals surface area contributed by atoms with E-state index in [0.29, 0.717) is 11.1 Å². The van der Waals surface area contributed by atoms with Gasteiger partial charge in [-0.3, -0.25) is 0 Å². The number of nitrogens with zero attached hydrogens (tertiary/aromatic N) is 1. The van der Waals surface area contributed by atoms with Gasteiger partial charge in [-0.15, -0.1) is 0 Å². The topological polar surface area (TPSA) is 48.4 Å². The van der Waals surface area contributed by atoms with Crippen molar-refractivity contribution in [2.75, 3.05) is 14.2 Å². The van der Waals surface area contributed by atoms with Gasteiger partial charge in [-0.1, -0.05) is 0 Å². The molecule has 0 spiro atoms. The molecule has 0 atom stereocenters. The second-order valence-electron chi connectivity index (χ2n) is 4.02. The summed E-state index contributed by atoms with van der Waals surface area (Å²) in [7, 11) is 2.40. The van der Waals surface area contributed by atoms with Crippen LogP contribution in [-0.2, 0) is 10.9 Å². The van der Waals surface area contributed by atoms with Gasteiger partial charge >= 0.3 is 12.1 Å². The second kappa shape index (κ2) is 5.51. The van der Waals surface area contributed by atoms with E-state index in [1.54, 1.807) is 6.07 Å². The maximum absolute atomic E-state index is 13.1. The number of methoxy groups -OCH3 is 2. The average molecular weight is 364 g/mol. The highest BCUT2D eigenvalue weighted by molar-refractivity contribution is 9.10. The average Bonchev–Trinajstić information content (AvgIpc) is 2.44. The molecule has 0 bridgehead atoms. The lowest BCUT2D eigenvalue weighted by molar-refractivity contribution is -0.141. The van der Waals surface area contributed by atoms with E-state index in [-0.39, 0.29) is 9.99 Å². The quantitative estimate of drug-likeness (QED) is 0.761. The van der Waals surface area contributed by atoms with Gasteiger partial charge in [0.05, 0.1) is 19.7 Å². The highest BCUT2D eigenvalue weighted by Gasteiger charge is 2.39. The third kappa shape index (κ3) is 2.80. The maximum atomic E-state index is 13.1. The van der Waals surface area contributed by atoms with Crippen LogP contribution >= 0.6 is 15.9 Å². The highest BCUT2D eigenvalue weighted by Crippen LogP contribution is 2.38. The van der Waals surface area contributed by atoms with E-state index in [1.165, 1.54) is 19.2 Å². The first-order chi connectivity index (χ1) is 9.79. The Hall–Kier alpha value is -1.83. The van der Waals surface area contributed by atoms with Crippen LogP contribution in [0.2, 0.25) is 0 Å². The molecule has 1 aromatic heterocycles. The smallest absolute Gasteiger partial charge is 0.434 e. The van der Waals surface area contributed by atoms with Gasteiger partial charge < -0.3 is 9.47 Å². The number of rotatable bonds is 2. The first kappa shape index (κ1) is 15.6. The minimum atomic E-state index is -4.79. The van der Waals surface area contributed by atoms with E-state index in [1.807, 2.05) is 0 Å². The molecule has 2 aromatic rings. The van der Waals surface area contributed by atoms with Crippen molar-refractivity contribution in [3.05, 3.63) is 33.9 Å². The van der Waals surface area contributed by atoms with Crippen LogP contribution in [-0.4, -0.2) is 25.2 Å². The third-order valence-electron chi connectivity index (χ3n) is 2.79. The molecule has 112 valence electrons. The largest absolute Gasteiger partial charge is 0.497 e. The number of pyridine rings is 1. The standard InChI is InChI=1S/C13H9BrF3NO3/c1-20-6-3-4-7-8(5-6)18-11(13(15,16)17)9(10(7)14)12(19)21-2/h3-5H,1-2H3. The second-order valence-corrected chi connectivity index (χ2v) is 4.81. The van der Waals surface area contributed by atoms with Crippen molar-refractivity contribution < 1.29 is 27.4 Å². The molecule has 0 aliphatic carbocycles. The predicted octanol–water partition coefficient (Wildman–Crippen LogP) is 3.81. The Labute approximate surface area is 126 Å². The molecule has 0 radical (unpaired) electrons. The number of hydrogen-bond acceptors (Lipinski definition) is 4. The lowest BCUT2D eigenvalue weighted by Gasteiger charge is -2.14. The molecule has 1 heterocycles. The summed E-state index contributed by atoms with van der Waals surface area (Å²) in [6.07, 6.45) is -4.79. The SMILES string of the molecule is COC(=O)c1c(C(F)(F)F)nc2cc(OC)ccc2c1Br. The molecule has 0 aliphatic heterocycles. The summed E-state index contributed by atoms with van der Waals surface area (Å²) < 4.78 is 48.7. The van der Waals surface area contributed by atoms with Crippen LogP contribution in [0.5, 0.6) is 5.75 Å². The van der Waals surface area contributed by atoms with E-state index >= 15 is 0 Å². The number of fused-ring (bicyclic) bond motifs is 1. The fourth-order valence-corrected chi connectivity index (χ4v) is 2.51. The number of ether oxygens (including phenoxy) is 2. The van der Waals surface area contributed by atoms with Crippen LogP contribution in [0.3, 0.4) is 0 Å². The zero-order chi connectivity index (χ0) is 15.8. The Morgan fingerprint density at radius 2 is 1.95 bits per heavy atom. The number of carbonyl (C=O) groups is 1. The monoisotopic (exact) mass is 363 g/mol. The Morgan fingerprint density at radius 3 is 2.48 bits per heavy atom. The Bertz CT molecular complexity index is 716. The van der Waals surface area contributed by atoms with E-state index < -0.39 is 23.4 Å². The van der Waals surface area contributed by atoms with Gasteiger partial charge in [0.1, 0.15) is 11.3 Å². The molecule has 0 aliphatic rings. The number of benzene rings is 1. The van der Waals surface area contributed by atoms with Gasteiger partial charge in [0.25, 0.3) is 0 Å². The fourth-order valence-electron chi connectivity index (χ4n) is 1.82. The van der Waals surface area contributed by atoms with Crippen LogP contribution in [0.4, 0.5) is 13.2 Å². The van der Waals surface area contributed by atoms with Crippen molar-refractivity contribution in [1.82, 2.24) is 4.98 Å². The Balaban J connectivity index is 2.87. The zero-order valence-electron chi connectivity index (χ0n) is 10.9. The summed E-state index contributed by atoms with van der Waals surface area (Å²) in [4.78, 5) is 15.2. The molecular weight excluding hydrogens is 355 g/mol. The minimum Gasteiger partial charge on any atom is -0.497 e. The van der Waals surface area contributed by atoms with E-state index in [9.17, 15) is 18.0 Å². The van der Waals surface area contributed by atoms with Crippen molar-refractivity contribution in [1.29, 1.82) is 0 Å². The lowest BCUT2D eigenvalue weighted by atomic mass is 10.1. The number of esters is 1. The number of hydrogen-bond donors (Lipinski definition) is 0. The lowest BCUT2D eigenvalue weighted by Crippen LogP contribution is -2.17. The van der Waals surface area contributed by atoms with Gasteiger partial charge in [0, 0.05) is 15.9 Å². The molecule has 2 rings (SSSR count). The van der Waals surface area contributed by atoms with Gasteiger partial charge in [-0.05, 0) is 28.1 Å². The van der Waals surface area contributed by atoms with Crippen molar-refractivity contribution in [3.63, 3.8) is 0 Å². The molecule has 1 aromatic carbocycles. The summed E-state index contributed by atoms with van der Waals surface area (Å²) in [5.41, 5.74) is -1.90. The van der Waals surface area contributed by atoms with Gasteiger partial charge in [0.15, 0.2) is 5.69 Å². The van der Waals surface area contributed by atoms with E-state index in [4.69, 9.17) is 4.74 Å². The third-order valence-corrected chi connectivity index (χ3v) is 3.61. The molecule has 0 fully saturated rings. The van der Waals surface area contributed by atoms with Crippen LogP contribution in [0.15, 0.2) is 22.7 Å². The van der Waals surface area contributed by atoms with E-state index in [2.05, 4.69) is 25.7 Å². The fraction of sp³-hybridized carbons (Fsp3) is 0.231. The predicted molar refractivity (Wildman–Crippen MR) is 72.3 cm³/mol. The van der Waals surface area contributed by atoms with Gasteiger partial charge in [-0.25, -0.2) is 9.78 Å². The first-order valence-corrected chi connectivity index (χ1v) is 6.41. The number of alkyl halides is 3. The molecular formula is C13H9BrF3NO3. The van der Waals surface area contributed by atoms with Gasteiger partial charge in [0.2, 0.25) is 0 Å². The molecule has 0 saturated heterocycles. The van der Waals surface area contributed by atoms with Crippen molar-refractivity contribution in [2.24, 2.45) is 0 Å². The molecule has 0 amide bonds. The normalized spacial score (nSPS) is 11.5. The zero-order valence-corrected chi connectivity index (χ0v) is 12.5. The molecule has 0 saturated carbocycles. The van der Waals surface area contributed by atoms with Crippen LogP contribution in [0.25, 0.3) is 10.9 Å². The van der Waals surface area contributed by atoms with Crippen LogP contribution in [0.1, 0.15) is 16.1 Å². The number of carbonyl (C=O) groups excluding carboxylic acids is 1. The van der Waals surface area contributed by atoms with Crippen LogP contribution < -0.4 is 4.74 Å². The number of halogens is 4. The molecule has 21 heavy (non-hydrogen) atoms. The Kier molecular flexibility index (Phi) is 4.08. The summed E-state index contributed by atoms with van der Waals surface area (Å²) in [5, 5.41) is 0.351. The molecule has 4 nitrogen and oxygen atoms in total. The maximum Gasteiger partial charge on any atom is 0.434 e. The van der Waals surface area contributed by atoms with Gasteiger partial charge in [-0.2, -0.15) is 13.2 Å². The summed E-state index contributed by atoms with van der Waals surface area (Å²) in [6.45, 7) is 0. The molecule has 8 heteroatoms.